The molecule has 0 radical (unpaired) electrons. The van der Waals surface area contributed by atoms with E-state index in [9.17, 15) is 4.79 Å². The van der Waals surface area contributed by atoms with Crippen LogP contribution in [-0.4, -0.2) is 23.1 Å². The summed E-state index contributed by atoms with van der Waals surface area (Å²) in [7, 11) is 1.79. The van der Waals surface area contributed by atoms with Crippen molar-refractivity contribution in [3.63, 3.8) is 0 Å². The Labute approximate surface area is 106 Å². The summed E-state index contributed by atoms with van der Waals surface area (Å²) in [5.74, 6) is -0.896. The van der Waals surface area contributed by atoms with Gasteiger partial charge in [-0.15, -0.1) is 0 Å². The number of anilines is 1. The molecule has 94 valence electrons. The van der Waals surface area contributed by atoms with E-state index in [1.807, 2.05) is 25.1 Å². The van der Waals surface area contributed by atoms with E-state index in [4.69, 9.17) is 5.11 Å². The molecule has 0 aliphatic rings. The minimum atomic E-state index is -0.896. The number of hydrogen-bond acceptors (Lipinski definition) is 3. The van der Waals surface area contributed by atoms with E-state index in [0.29, 0.717) is 5.56 Å². The first-order chi connectivity index (χ1) is 8.63. The molecule has 1 heterocycles. The molecule has 4 nitrogen and oxygen atoms in total. The molecule has 0 aliphatic heterocycles. The van der Waals surface area contributed by atoms with E-state index in [-0.39, 0.29) is 0 Å². The van der Waals surface area contributed by atoms with Crippen molar-refractivity contribution >= 4 is 11.7 Å². The SMILES string of the molecule is CNc1ccc(C(=O)O)cc1.Cc1ccccn1. The molecule has 0 bridgehead atoms. The molecule has 0 atom stereocenters. The highest BCUT2D eigenvalue weighted by atomic mass is 16.4. The minimum Gasteiger partial charge on any atom is -0.478 e. The minimum absolute atomic E-state index is 0.309. The first kappa shape index (κ1) is 13.7. The van der Waals surface area contributed by atoms with Gasteiger partial charge in [0.05, 0.1) is 5.56 Å². The second-order valence-corrected chi connectivity index (χ2v) is 3.60. The third-order valence-corrected chi connectivity index (χ3v) is 2.23. The Morgan fingerprint density at radius 2 is 1.83 bits per heavy atom. The van der Waals surface area contributed by atoms with Gasteiger partial charge in [-0.2, -0.15) is 0 Å². The molecule has 4 heteroatoms. The molecule has 1 aromatic carbocycles. The number of benzene rings is 1. The number of hydrogen-bond donors (Lipinski definition) is 2. The average Bonchev–Trinajstić information content (AvgIpc) is 2.40. The zero-order valence-electron chi connectivity index (χ0n) is 10.4. The lowest BCUT2D eigenvalue weighted by Gasteiger charge is -1.98. The van der Waals surface area contributed by atoms with Crippen LogP contribution in [-0.2, 0) is 0 Å². The summed E-state index contributed by atoms with van der Waals surface area (Å²) in [6, 6.07) is 12.4. The van der Waals surface area contributed by atoms with Crippen LogP contribution in [0, 0.1) is 6.92 Å². The predicted octanol–water partition coefficient (Wildman–Crippen LogP) is 2.82. The fraction of sp³-hybridized carbons (Fsp3) is 0.143. The number of aromatic carboxylic acids is 1. The standard InChI is InChI=1S/C8H9NO2.C6H7N/c1-9-7-4-2-6(3-5-7)8(10)11;1-6-4-2-3-5-7-6/h2-5,9H,1H3,(H,10,11);2-5H,1H3. The molecular formula is C14H16N2O2. The van der Waals surface area contributed by atoms with Crippen molar-refractivity contribution in [2.45, 2.75) is 6.92 Å². The number of carboxylic acid groups (broad SMARTS) is 1. The maximum Gasteiger partial charge on any atom is 0.335 e. The molecule has 0 unspecified atom stereocenters. The maximum absolute atomic E-state index is 10.4. The number of carboxylic acids is 1. The average molecular weight is 244 g/mol. The van der Waals surface area contributed by atoms with Crippen LogP contribution in [0.15, 0.2) is 48.7 Å². The number of aromatic nitrogens is 1. The quantitative estimate of drug-likeness (QED) is 0.852. The van der Waals surface area contributed by atoms with Gasteiger partial charge in [0, 0.05) is 24.6 Å². The summed E-state index contributed by atoms with van der Waals surface area (Å²) in [6.45, 7) is 1.97. The van der Waals surface area contributed by atoms with E-state index >= 15 is 0 Å². The zero-order chi connectivity index (χ0) is 13.4. The normalized spacial score (nSPS) is 9.00. The van der Waals surface area contributed by atoms with Gasteiger partial charge in [0.1, 0.15) is 0 Å². The zero-order valence-corrected chi connectivity index (χ0v) is 10.4. The van der Waals surface area contributed by atoms with E-state index in [0.717, 1.165) is 11.4 Å². The summed E-state index contributed by atoms with van der Waals surface area (Å²) < 4.78 is 0. The van der Waals surface area contributed by atoms with Crippen LogP contribution < -0.4 is 5.32 Å². The van der Waals surface area contributed by atoms with Crippen molar-refractivity contribution in [1.29, 1.82) is 0 Å². The van der Waals surface area contributed by atoms with Crippen LogP contribution in [0.4, 0.5) is 5.69 Å². The number of carbonyl (C=O) groups is 1. The van der Waals surface area contributed by atoms with E-state index in [1.165, 1.54) is 0 Å². The number of pyridine rings is 1. The summed E-state index contributed by atoms with van der Waals surface area (Å²) >= 11 is 0. The van der Waals surface area contributed by atoms with Crippen molar-refractivity contribution in [2.75, 3.05) is 12.4 Å². The monoisotopic (exact) mass is 244 g/mol. The Hall–Kier alpha value is -2.36. The molecule has 18 heavy (non-hydrogen) atoms. The molecule has 2 N–H and O–H groups in total. The van der Waals surface area contributed by atoms with E-state index < -0.39 is 5.97 Å². The highest BCUT2D eigenvalue weighted by Gasteiger charge is 1.99. The second-order valence-electron chi connectivity index (χ2n) is 3.60. The van der Waals surface area contributed by atoms with Gasteiger partial charge < -0.3 is 10.4 Å². The topological polar surface area (TPSA) is 62.2 Å². The van der Waals surface area contributed by atoms with Gasteiger partial charge in [0.25, 0.3) is 0 Å². The van der Waals surface area contributed by atoms with Crippen molar-refractivity contribution < 1.29 is 9.90 Å². The maximum atomic E-state index is 10.4. The largest absolute Gasteiger partial charge is 0.478 e. The van der Waals surface area contributed by atoms with Gasteiger partial charge in [-0.1, -0.05) is 6.07 Å². The third-order valence-electron chi connectivity index (χ3n) is 2.23. The first-order valence-corrected chi connectivity index (χ1v) is 5.52. The Morgan fingerprint density at radius 3 is 2.17 bits per heavy atom. The predicted molar refractivity (Wildman–Crippen MR) is 71.9 cm³/mol. The molecule has 0 spiro atoms. The molecular weight excluding hydrogens is 228 g/mol. The van der Waals surface area contributed by atoms with Crippen LogP contribution in [0.1, 0.15) is 16.1 Å². The van der Waals surface area contributed by atoms with E-state index in [1.54, 1.807) is 37.5 Å². The van der Waals surface area contributed by atoms with Crippen LogP contribution >= 0.6 is 0 Å². The molecule has 1 aromatic heterocycles. The highest BCUT2D eigenvalue weighted by Crippen LogP contribution is 2.07. The second kappa shape index (κ2) is 7.06. The lowest BCUT2D eigenvalue weighted by Crippen LogP contribution is -1.96. The van der Waals surface area contributed by atoms with Gasteiger partial charge in [-0.25, -0.2) is 4.79 Å². The fourth-order valence-electron chi connectivity index (χ4n) is 1.23. The van der Waals surface area contributed by atoms with Crippen LogP contribution in [0.2, 0.25) is 0 Å². The van der Waals surface area contributed by atoms with Gasteiger partial charge in [0.15, 0.2) is 0 Å². The van der Waals surface area contributed by atoms with Crippen LogP contribution in [0.3, 0.4) is 0 Å². The number of nitrogens with zero attached hydrogens (tertiary/aromatic N) is 1. The molecule has 0 saturated heterocycles. The van der Waals surface area contributed by atoms with Gasteiger partial charge in [-0.3, -0.25) is 4.98 Å². The molecule has 2 aromatic rings. The Bertz CT molecular complexity index is 481. The molecule has 0 amide bonds. The van der Waals surface area contributed by atoms with Gasteiger partial charge >= 0.3 is 5.97 Å². The number of aryl methyl sites for hydroxylation is 1. The van der Waals surface area contributed by atoms with E-state index in [2.05, 4.69) is 10.3 Å². The molecule has 0 saturated carbocycles. The summed E-state index contributed by atoms with van der Waals surface area (Å²) in [4.78, 5) is 14.4. The van der Waals surface area contributed by atoms with Crippen LogP contribution in [0.25, 0.3) is 0 Å². The highest BCUT2D eigenvalue weighted by molar-refractivity contribution is 5.87. The summed E-state index contributed by atoms with van der Waals surface area (Å²) in [6.07, 6.45) is 1.79. The number of nitrogens with one attached hydrogen (secondary N) is 1. The molecule has 0 aliphatic carbocycles. The van der Waals surface area contributed by atoms with Crippen molar-refractivity contribution in [3.8, 4) is 0 Å². The van der Waals surface area contributed by atoms with Crippen molar-refractivity contribution in [1.82, 2.24) is 4.98 Å². The number of rotatable bonds is 2. The molecule has 2 rings (SSSR count). The third kappa shape index (κ3) is 4.65. The van der Waals surface area contributed by atoms with Crippen LogP contribution in [0.5, 0.6) is 0 Å². The lowest BCUT2D eigenvalue weighted by molar-refractivity contribution is 0.0697. The van der Waals surface area contributed by atoms with Crippen molar-refractivity contribution in [2.24, 2.45) is 0 Å². The summed E-state index contributed by atoms with van der Waals surface area (Å²) in [5, 5.41) is 11.4. The fourth-order valence-corrected chi connectivity index (χ4v) is 1.23. The Kier molecular flexibility index (Phi) is 5.38. The Balaban J connectivity index is 0.000000199. The first-order valence-electron chi connectivity index (χ1n) is 5.52. The summed E-state index contributed by atoms with van der Waals surface area (Å²) in [5.41, 5.74) is 2.29. The smallest absolute Gasteiger partial charge is 0.335 e. The van der Waals surface area contributed by atoms with Gasteiger partial charge in [-0.05, 0) is 43.3 Å². The van der Waals surface area contributed by atoms with Gasteiger partial charge in [0.2, 0.25) is 0 Å². The molecule has 0 fully saturated rings. The Morgan fingerprint density at radius 1 is 1.17 bits per heavy atom. The lowest BCUT2D eigenvalue weighted by atomic mass is 10.2. The van der Waals surface area contributed by atoms with Crippen molar-refractivity contribution in [3.05, 3.63) is 59.9 Å².